The molecule has 1 aromatic carbocycles. The van der Waals surface area contributed by atoms with Crippen LogP contribution in [0.15, 0.2) is 23.1 Å². The van der Waals surface area contributed by atoms with Crippen molar-refractivity contribution in [3.05, 3.63) is 29.8 Å². The molecule has 1 atom stereocenters. The lowest BCUT2D eigenvalue weighted by molar-refractivity contribution is 0.273. The van der Waals surface area contributed by atoms with E-state index in [1.807, 2.05) is 0 Å². The molecule has 0 fully saturated rings. The zero-order valence-corrected chi connectivity index (χ0v) is 9.86. The van der Waals surface area contributed by atoms with Crippen LogP contribution in [0, 0.1) is 11.6 Å². The van der Waals surface area contributed by atoms with Gasteiger partial charge >= 0.3 is 0 Å². The van der Waals surface area contributed by atoms with E-state index >= 15 is 0 Å². The Morgan fingerprint density at radius 1 is 1.44 bits per heavy atom. The fraction of sp³-hybridized carbons (Fsp3) is 0.455. The average molecular weight is 247 g/mol. The molecule has 2 N–H and O–H groups in total. The Bertz CT molecular complexity index is 336. The highest BCUT2D eigenvalue weighted by atomic mass is 32.2. The number of nitrogens with one attached hydrogen (secondary N) is 1. The normalized spacial score (nSPS) is 12.8. The van der Waals surface area contributed by atoms with Crippen molar-refractivity contribution < 1.29 is 13.9 Å². The number of benzene rings is 1. The predicted octanol–water partition coefficient (Wildman–Crippen LogP) is 2.03. The number of halogens is 2. The molecule has 16 heavy (non-hydrogen) atoms. The maximum absolute atomic E-state index is 13.3. The third kappa shape index (κ3) is 4.08. The molecule has 0 spiro atoms. The van der Waals surface area contributed by atoms with Crippen molar-refractivity contribution in [2.24, 2.45) is 0 Å². The predicted molar refractivity (Wildman–Crippen MR) is 61.6 cm³/mol. The van der Waals surface area contributed by atoms with Gasteiger partial charge in [0.05, 0.1) is 0 Å². The number of aliphatic hydroxyl groups is 1. The number of thioether (sulfide) groups is 1. The molecule has 0 aliphatic rings. The van der Waals surface area contributed by atoms with Gasteiger partial charge < -0.3 is 10.4 Å². The maximum atomic E-state index is 13.3. The van der Waals surface area contributed by atoms with Gasteiger partial charge in [0.1, 0.15) is 11.6 Å². The highest BCUT2D eigenvalue weighted by Crippen LogP contribution is 2.23. The van der Waals surface area contributed by atoms with Gasteiger partial charge in [-0.05, 0) is 25.6 Å². The molecule has 0 aliphatic carbocycles. The number of rotatable bonds is 6. The summed E-state index contributed by atoms with van der Waals surface area (Å²) in [6.07, 6.45) is 0.617. The summed E-state index contributed by atoms with van der Waals surface area (Å²) in [5.74, 6) is -0.467. The Morgan fingerprint density at radius 3 is 2.75 bits per heavy atom. The van der Waals surface area contributed by atoms with Crippen molar-refractivity contribution in [2.75, 3.05) is 19.4 Å². The summed E-state index contributed by atoms with van der Waals surface area (Å²) in [5.41, 5.74) is 0. The van der Waals surface area contributed by atoms with Crippen LogP contribution in [-0.4, -0.2) is 30.6 Å². The fourth-order valence-corrected chi connectivity index (χ4v) is 2.32. The van der Waals surface area contributed by atoms with Crippen molar-refractivity contribution in [2.45, 2.75) is 17.4 Å². The van der Waals surface area contributed by atoms with E-state index in [-0.39, 0.29) is 12.6 Å². The molecule has 0 saturated heterocycles. The number of hydrogen-bond acceptors (Lipinski definition) is 3. The maximum Gasteiger partial charge on any atom is 0.139 e. The Morgan fingerprint density at radius 2 is 2.19 bits per heavy atom. The van der Waals surface area contributed by atoms with Crippen molar-refractivity contribution in [3.63, 3.8) is 0 Å². The van der Waals surface area contributed by atoms with Crippen LogP contribution in [0.4, 0.5) is 8.78 Å². The number of aliphatic hydroxyl groups excluding tert-OH is 1. The summed E-state index contributed by atoms with van der Waals surface area (Å²) in [7, 11) is 1.79. The monoisotopic (exact) mass is 247 g/mol. The van der Waals surface area contributed by atoms with Gasteiger partial charge in [0.2, 0.25) is 0 Å². The first kappa shape index (κ1) is 13.4. The van der Waals surface area contributed by atoms with Crippen molar-refractivity contribution in [1.29, 1.82) is 0 Å². The van der Waals surface area contributed by atoms with Gasteiger partial charge in [-0.1, -0.05) is 0 Å². The first-order valence-corrected chi connectivity index (χ1v) is 6.02. The highest BCUT2D eigenvalue weighted by Gasteiger charge is 2.09. The fourth-order valence-electron chi connectivity index (χ4n) is 1.25. The molecular weight excluding hydrogens is 232 g/mol. The molecule has 0 heterocycles. The Kier molecular flexibility index (Phi) is 5.73. The first-order chi connectivity index (χ1) is 7.67. The SMILES string of the molecule is CNC(CCO)CSc1ccc(F)cc1F. The summed E-state index contributed by atoms with van der Waals surface area (Å²) < 4.78 is 25.9. The lowest BCUT2D eigenvalue weighted by atomic mass is 10.2. The molecule has 1 rings (SSSR count). The van der Waals surface area contributed by atoms with E-state index in [9.17, 15) is 8.78 Å². The van der Waals surface area contributed by atoms with Gasteiger partial charge in [0.15, 0.2) is 0 Å². The van der Waals surface area contributed by atoms with Gasteiger partial charge in [-0.15, -0.1) is 11.8 Å². The van der Waals surface area contributed by atoms with Crippen LogP contribution in [0.2, 0.25) is 0 Å². The van der Waals surface area contributed by atoms with E-state index in [0.29, 0.717) is 17.1 Å². The van der Waals surface area contributed by atoms with Crippen LogP contribution in [0.5, 0.6) is 0 Å². The second kappa shape index (κ2) is 6.83. The molecule has 1 aromatic rings. The zero-order chi connectivity index (χ0) is 12.0. The third-order valence-electron chi connectivity index (χ3n) is 2.22. The van der Waals surface area contributed by atoms with Crippen molar-refractivity contribution in [3.8, 4) is 0 Å². The van der Waals surface area contributed by atoms with Gasteiger partial charge in [-0.2, -0.15) is 0 Å². The van der Waals surface area contributed by atoms with Crippen LogP contribution >= 0.6 is 11.8 Å². The molecule has 90 valence electrons. The molecule has 0 bridgehead atoms. The topological polar surface area (TPSA) is 32.3 Å². The lowest BCUT2D eigenvalue weighted by Crippen LogP contribution is -2.28. The summed E-state index contributed by atoms with van der Waals surface area (Å²) in [6, 6.07) is 3.68. The summed E-state index contributed by atoms with van der Waals surface area (Å²) in [5, 5.41) is 11.8. The summed E-state index contributed by atoms with van der Waals surface area (Å²) in [6.45, 7) is 0.0952. The van der Waals surface area contributed by atoms with Crippen LogP contribution < -0.4 is 5.32 Å². The minimum absolute atomic E-state index is 0.0952. The van der Waals surface area contributed by atoms with Gasteiger partial charge in [-0.3, -0.25) is 0 Å². The second-order valence-corrected chi connectivity index (χ2v) is 4.45. The molecule has 0 aliphatic heterocycles. The van der Waals surface area contributed by atoms with Gasteiger partial charge in [0, 0.05) is 29.4 Å². The Labute approximate surface area is 98.1 Å². The summed E-state index contributed by atoms with van der Waals surface area (Å²) >= 11 is 1.31. The largest absolute Gasteiger partial charge is 0.396 e. The van der Waals surface area contributed by atoms with Crippen LogP contribution in [0.25, 0.3) is 0 Å². The molecule has 0 radical (unpaired) electrons. The van der Waals surface area contributed by atoms with E-state index in [0.717, 1.165) is 6.07 Å². The smallest absolute Gasteiger partial charge is 0.139 e. The van der Waals surface area contributed by atoms with Crippen molar-refractivity contribution >= 4 is 11.8 Å². The van der Waals surface area contributed by atoms with E-state index in [1.54, 1.807) is 7.05 Å². The van der Waals surface area contributed by atoms with E-state index < -0.39 is 11.6 Å². The third-order valence-corrected chi connectivity index (χ3v) is 3.43. The zero-order valence-electron chi connectivity index (χ0n) is 9.04. The molecule has 0 saturated carbocycles. The number of hydrogen-bond donors (Lipinski definition) is 2. The molecule has 5 heteroatoms. The molecule has 1 unspecified atom stereocenters. The van der Waals surface area contributed by atoms with Crippen LogP contribution in [0.1, 0.15) is 6.42 Å². The second-order valence-electron chi connectivity index (χ2n) is 3.38. The molecular formula is C11H15F2NOS. The summed E-state index contributed by atoms with van der Waals surface area (Å²) in [4.78, 5) is 0.430. The standard InChI is InChI=1S/C11H15F2NOS/c1-14-9(4-5-15)7-16-11-3-2-8(12)6-10(11)13/h2-3,6,9,14-15H,4-5,7H2,1H3. The minimum Gasteiger partial charge on any atom is -0.396 e. The van der Waals surface area contributed by atoms with Crippen molar-refractivity contribution in [1.82, 2.24) is 5.32 Å². The molecule has 0 amide bonds. The van der Waals surface area contributed by atoms with Gasteiger partial charge in [0.25, 0.3) is 0 Å². The van der Waals surface area contributed by atoms with E-state index in [1.165, 1.54) is 23.9 Å². The Hall–Kier alpha value is -0.650. The van der Waals surface area contributed by atoms with Gasteiger partial charge in [-0.25, -0.2) is 8.78 Å². The molecule has 0 aromatic heterocycles. The Balaban J connectivity index is 2.53. The average Bonchev–Trinajstić information content (AvgIpc) is 2.26. The van der Waals surface area contributed by atoms with Crippen LogP contribution in [0.3, 0.4) is 0 Å². The lowest BCUT2D eigenvalue weighted by Gasteiger charge is -2.14. The minimum atomic E-state index is -0.567. The van der Waals surface area contributed by atoms with E-state index in [4.69, 9.17) is 5.11 Å². The quantitative estimate of drug-likeness (QED) is 0.754. The first-order valence-electron chi connectivity index (χ1n) is 5.03. The van der Waals surface area contributed by atoms with Crippen LogP contribution in [-0.2, 0) is 0 Å². The van der Waals surface area contributed by atoms with E-state index in [2.05, 4.69) is 5.32 Å². The highest BCUT2D eigenvalue weighted by molar-refractivity contribution is 7.99. The molecule has 2 nitrogen and oxygen atoms in total.